The zero-order chi connectivity index (χ0) is 25.5. The fourth-order valence-corrected chi connectivity index (χ4v) is 4.56. The smallest absolute Gasteiger partial charge is 0.340 e. The minimum absolute atomic E-state index is 0.146. The first-order valence-electron chi connectivity index (χ1n) is 12.5. The molecular weight excluding hydrogens is 464 g/mol. The molecule has 0 aromatic heterocycles. The van der Waals surface area contributed by atoms with Gasteiger partial charge in [0.15, 0.2) is 0 Å². The van der Waals surface area contributed by atoms with Crippen molar-refractivity contribution in [2.24, 2.45) is 0 Å². The van der Waals surface area contributed by atoms with E-state index in [1.807, 2.05) is 6.92 Å². The summed E-state index contributed by atoms with van der Waals surface area (Å²) in [5.41, 5.74) is 2.26. The Morgan fingerprint density at radius 2 is 1.64 bits per heavy atom. The first kappa shape index (κ1) is 25.4. The van der Waals surface area contributed by atoms with Gasteiger partial charge in [-0.1, -0.05) is 6.92 Å². The largest absolute Gasteiger partial charge is 0.462 e. The number of nitro groups is 1. The number of morpholine rings is 1. The van der Waals surface area contributed by atoms with Crippen LogP contribution in [0.1, 0.15) is 53.3 Å². The summed E-state index contributed by atoms with van der Waals surface area (Å²) in [4.78, 5) is 41.3. The second kappa shape index (κ2) is 11.9. The van der Waals surface area contributed by atoms with Crippen LogP contribution in [-0.2, 0) is 9.47 Å². The molecule has 192 valence electrons. The van der Waals surface area contributed by atoms with Crippen LogP contribution in [0.4, 0.5) is 22.7 Å². The average Bonchev–Trinajstić information content (AvgIpc) is 2.92. The molecule has 2 aliphatic heterocycles. The van der Waals surface area contributed by atoms with E-state index in [4.69, 9.17) is 9.47 Å². The molecule has 2 aliphatic rings. The number of nitrogens with one attached hydrogen (secondary N) is 1. The Morgan fingerprint density at radius 3 is 2.33 bits per heavy atom. The summed E-state index contributed by atoms with van der Waals surface area (Å²) in [7, 11) is 0. The van der Waals surface area contributed by atoms with Crippen LogP contribution in [0.25, 0.3) is 0 Å². The highest BCUT2D eigenvalue weighted by Crippen LogP contribution is 2.30. The van der Waals surface area contributed by atoms with E-state index in [2.05, 4.69) is 15.1 Å². The number of rotatable bonds is 8. The third-order valence-electron chi connectivity index (χ3n) is 6.40. The summed E-state index contributed by atoms with van der Waals surface area (Å²) < 4.78 is 10.8. The van der Waals surface area contributed by atoms with E-state index in [0.29, 0.717) is 56.3 Å². The van der Waals surface area contributed by atoms with Gasteiger partial charge in [-0.2, -0.15) is 0 Å². The standard InChI is InChI=1S/C26H32N4O6/c1-2-14-36-26(32)22-17-19(6-8-24(22)29-12-15-35-16-13-29)27-25(31)21-18-20(30(33)34)7-9-23(21)28-10-4-3-5-11-28/h6-9,17-18H,2-5,10-16H2,1H3,(H,27,31). The van der Waals surface area contributed by atoms with Gasteiger partial charge in [0.1, 0.15) is 0 Å². The van der Waals surface area contributed by atoms with Crippen molar-refractivity contribution in [1.82, 2.24) is 0 Å². The molecule has 0 radical (unpaired) electrons. The van der Waals surface area contributed by atoms with E-state index in [1.54, 1.807) is 24.3 Å². The number of piperidine rings is 1. The third-order valence-corrected chi connectivity index (χ3v) is 6.40. The van der Waals surface area contributed by atoms with Crippen molar-refractivity contribution in [3.05, 3.63) is 57.6 Å². The minimum Gasteiger partial charge on any atom is -0.462 e. The first-order valence-corrected chi connectivity index (χ1v) is 12.5. The molecule has 0 spiro atoms. The van der Waals surface area contributed by atoms with Gasteiger partial charge in [0.25, 0.3) is 11.6 Å². The molecular formula is C26H32N4O6. The predicted octanol–water partition coefficient (Wildman–Crippen LogP) is 4.24. The fraction of sp³-hybridized carbons (Fsp3) is 0.462. The van der Waals surface area contributed by atoms with Crippen LogP contribution < -0.4 is 15.1 Å². The van der Waals surface area contributed by atoms with Crippen molar-refractivity contribution < 1.29 is 24.0 Å². The highest BCUT2D eigenvalue weighted by molar-refractivity contribution is 6.09. The molecule has 1 amide bonds. The Bertz CT molecular complexity index is 1110. The molecule has 2 fully saturated rings. The minimum atomic E-state index is -0.504. The highest BCUT2D eigenvalue weighted by atomic mass is 16.6. The number of ether oxygens (including phenoxy) is 2. The summed E-state index contributed by atoms with van der Waals surface area (Å²) in [6, 6.07) is 9.53. The number of anilines is 3. The summed E-state index contributed by atoms with van der Waals surface area (Å²) in [5, 5.41) is 14.3. The molecule has 2 aromatic carbocycles. The lowest BCUT2D eigenvalue weighted by Crippen LogP contribution is -2.37. The van der Waals surface area contributed by atoms with Gasteiger partial charge in [-0.05, 0) is 49.9 Å². The molecule has 10 heteroatoms. The van der Waals surface area contributed by atoms with Crippen molar-refractivity contribution in [3.63, 3.8) is 0 Å². The second-order valence-corrected chi connectivity index (χ2v) is 8.93. The van der Waals surface area contributed by atoms with Gasteiger partial charge >= 0.3 is 5.97 Å². The number of nitro benzene ring substituents is 1. The number of carbonyl (C=O) groups is 2. The molecule has 2 aromatic rings. The second-order valence-electron chi connectivity index (χ2n) is 8.93. The molecule has 0 atom stereocenters. The topological polar surface area (TPSA) is 114 Å². The SMILES string of the molecule is CCCOC(=O)c1cc(NC(=O)c2cc([N+](=O)[O-])ccc2N2CCCCC2)ccc1N1CCOCC1. The quantitative estimate of drug-likeness (QED) is 0.328. The van der Waals surface area contributed by atoms with Gasteiger partial charge in [-0.3, -0.25) is 14.9 Å². The molecule has 36 heavy (non-hydrogen) atoms. The first-order chi connectivity index (χ1) is 17.5. The zero-order valence-corrected chi connectivity index (χ0v) is 20.5. The van der Waals surface area contributed by atoms with Crippen molar-refractivity contribution in [3.8, 4) is 0 Å². The van der Waals surface area contributed by atoms with Crippen molar-refractivity contribution in [1.29, 1.82) is 0 Å². The lowest BCUT2D eigenvalue weighted by atomic mass is 10.1. The third kappa shape index (κ3) is 5.93. The molecule has 0 saturated carbocycles. The lowest BCUT2D eigenvalue weighted by molar-refractivity contribution is -0.384. The monoisotopic (exact) mass is 496 g/mol. The van der Waals surface area contributed by atoms with Crippen LogP contribution in [0, 0.1) is 10.1 Å². The lowest BCUT2D eigenvalue weighted by Gasteiger charge is -2.31. The highest BCUT2D eigenvalue weighted by Gasteiger charge is 2.24. The van der Waals surface area contributed by atoms with Gasteiger partial charge in [-0.25, -0.2) is 4.79 Å². The maximum absolute atomic E-state index is 13.4. The van der Waals surface area contributed by atoms with Crippen LogP contribution in [0.5, 0.6) is 0 Å². The fourth-order valence-electron chi connectivity index (χ4n) is 4.56. The van der Waals surface area contributed by atoms with E-state index in [1.165, 1.54) is 12.1 Å². The Labute approximate surface area is 210 Å². The number of amides is 1. The number of nitrogens with zero attached hydrogens (tertiary/aromatic N) is 3. The molecule has 0 bridgehead atoms. The van der Waals surface area contributed by atoms with E-state index in [9.17, 15) is 19.7 Å². The molecule has 0 unspecified atom stereocenters. The van der Waals surface area contributed by atoms with Crippen molar-refractivity contribution >= 4 is 34.6 Å². The maximum atomic E-state index is 13.4. The normalized spacial score (nSPS) is 15.9. The van der Waals surface area contributed by atoms with Crippen LogP contribution in [-0.4, -0.2) is 62.8 Å². The maximum Gasteiger partial charge on any atom is 0.340 e. The van der Waals surface area contributed by atoms with E-state index < -0.39 is 16.8 Å². The van der Waals surface area contributed by atoms with E-state index in [-0.39, 0.29) is 11.3 Å². The molecule has 4 rings (SSSR count). The van der Waals surface area contributed by atoms with Gasteiger partial charge in [0.05, 0.1) is 47.2 Å². The zero-order valence-electron chi connectivity index (χ0n) is 20.5. The molecule has 2 heterocycles. The Hall–Kier alpha value is -3.66. The molecule has 1 N–H and O–H groups in total. The summed E-state index contributed by atoms with van der Waals surface area (Å²) in [6.45, 7) is 6.22. The van der Waals surface area contributed by atoms with E-state index in [0.717, 1.165) is 38.0 Å². The number of non-ortho nitro benzene ring substituents is 1. The van der Waals surface area contributed by atoms with Gasteiger partial charge in [-0.15, -0.1) is 0 Å². The number of hydrogen-bond acceptors (Lipinski definition) is 8. The van der Waals surface area contributed by atoms with Gasteiger partial charge in [0.2, 0.25) is 0 Å². The summed E-state index contributed by atoms with van der Waals surface area (Å²) >= 11 is 0. The number of hydrogen-bond donors (Lipinski definition) is 1. The predicted molar refractivity (Wildman–Crippen MR) is 137 cm³/mol. The Morgan fingerprint density at radius 1 is 0.972 bits per heavy atom. The van der Waals surface area contributed by atoms with Gasteiger partial charge in [0, 0.05) is 44.0 Å². The van der Waals surface area contributed by atoms with Crippen molar-refractivity contribution in [2.75, 3.05) is 61.1 Å². The van der Waals surface area contributed by atoms with E-state index >= 15 is 0 Å². The average molecular weight is 497 g/mol. The molecule has 2 saturated heterocycles. The Balaban J connectivity index is 1.64. The Kier molecular flexibility index (Phi) is 8.37. The van der Waals surface area contributed by atoms with Crippen molar-refractivity contribution in [2.45, 2.75) is 32.6 Å². The summed E-state index contributed by atoms with van der Waals surface area (Å²) in [6.07, 6.45) is 3.83. The number of benzene rings is 2. The van der Waals surface area contributed by atoms with Crippen LogP contribution in [0.2, 0.25) is 0 Å². The van der Waals surface area contributed by atoms with Crippen LogP contribution in [0.3, 0.4) is 0 Å². The number of carbonyl (C=O) groups excluding carboxylic acids is 2. The molecule has 0 aliphatic carbocycles. The van der Waals surface area contributed by atoms with Gasteiger partial charge < -0.3 is 24.6 Å². The molecule has 10 nitrogen and oxygen atoms in total. The summed E-state index contributed by atoms with van der Waals surface area (Å²) in [5.74, 6) is -0.926. The number of esters is 1. The van der Waals surface area contributed by atoms with Crippen LogP contribution >= 0.6 is 0 Å². The van der Waals surface area contributed by atoms with Crippen LogP contribution in [0.15, 0.2) is 36.4 Å².